The van der Waals surface area contributed by atoms with E-state index in [0.717, 1.165) is 27.4 Å². The van der Waals surface area contributed by atoms with Gasteiger partial charge < -0.3 is 9.88 Å². The smallest absolute Gasteiger partial charge is 0.237 e. The maximum Gasteiger partial charge on any atom is 0.237 e. The molecule has 5 nitrogen and oxygen atoms in total. The third-order valence-electron chi connectivity index (χ3n) is 5.54. The van der Waals surface area contributed by atoms with Crippen LogP contribution in [-0.2, 0) is 11.8 Å². The van der Waals surface area contributed by atoms with Gasteiger partial charge in [0, 0.05) is 24.0 Å². The van der Waals surface area contributed by atoms with Crippen LogP contribution in [0.2, 0.25) is 0 Å². The molecule has 146 valence electrons. The minimum atomic E-state index is -0.263. The second-order valence-electron chi connectivity index (χ2n) is 7.51. The molecular formula is C22H26N4OS. The van der Waals surface area contributed by atoms with E-state index < -0.39 is 0 Å². The summed E-state index contributed by atoms with van der Waals surface area (Å²) in [5, 5.41) is 14.6. The summed E-state index contributed by atoms with van der Waals surface area (Å²) in [6.45, 7) is 1.92. The van der Waals surface area contributed by atoms with Gasteiger partial charge in [0.25, 0.3) is 0 Å². The van der Waals surface area contributed by atoms with Crippen molar-refractivity contribution in [3.05, 3.63) is 48.3 Å². The van der Waals surface area contributed by atoms with Crippen LogP contribution in [0.3, 0.4) is 0 Å². The minimum absolute atomic E-state index is 0.0245. The summed E-state index contributed by atoms with van der Waals surface area (Å²) in [5.74, 6) is 1.54. The van der Waals surface area contributed by atoms with Gasteiger partial charge in [-0.25, -0.2) is 0 Å². The van der Waals surface area contributed by atoms with Crippen molar-refractivity contribution in [2.24, 2.45) is 7.05 Å². The van der Waals surface area contributed by atoms with Gasteiger partial charge >= 0.3 is 0 Å². The molecule has 1 aliphatic rings. The first-order valence-electron chi connectivity index (χ1n) is 9.98. The summed E-state index contributed by atoms with van der Waals surface area (Å²) in [5.41, 5.74) is 0.844. The molecule has 6 heteroatoms. The van der Waals surface area contributed by atoms with E-state index in [0.29, 0.717) is 5.92 Å². The molecule has 1 heterocycles. The Hall–Kier alpha value is -2.34. The maximum atomic E-state index is 12.8. The zero-order valence-corrected chi connectivity index (χ0v) is 17.2. The van der Waals surface area contributed by atoms with Crippen LogP contribution in [0.15, 0.2) is 47.6 Å². The molecule has 1 amide bonds. The molecule has 1 saturated carbocycles. The number of aromatic nitrogens is 3. The van der Waals surface area contributed by atoms with Crippen molar-refractivity contribution in [3.63, 3.8) is 0 Å². The number of benzene rings is 2. The van der Waals surface area contributed by atoms with E-state index in [1.807, 2.05) is 44.3 Å². The molecule has 3 aromatic rings. The highest BCUT2D eigenvalue weighted by Gasteiger charge is 2.24. The predicted octanol–water partition coefficient (Wildman–Crippen LogP) is 5.14. The fourth-order valence-electron chi connectivity index (χ4n) is 3.93. The zero-order chi connectivity index (χ0) is 19.5. The number of rotatable bonds is 5. The third kappa shape index (κ3) is 3.92. The summed E-state index contributed by atoms with van der Waals surface area (Å²) in [6, 6.07) is 14.0. The molecule has 0 saturated heterocycles. The van der Waals surface area contributed by atoms with Crippen LogP contribution < -0.4 is 5.32 Å². The number of hydrogen-bond acceptors (Lipinski definition) is 4. The number of amides is 1. The molecule has 2 aromatic carbocycles. The van der Waals surface area contributed by atoms with Crippen molar-refractivity contribution in [3.8, 4) is 0 Å². The number of carbonyl (C=O) groups excluding carboxylic acids is 1. The standard InChI is InChI=1S/C22H26N4OS/c1-15(21(27)23-19-14-8-12-16-9-6-7-13-18(16)19)28-22-25-24-20(26(22)2)17-10-4-3-5-11-17/h6-9,12-15,17H,3-5,10-11H2,1-2H3,(H,23,27)/t15-/m1/s1. The number of carbonyl (C=O) groups is 1. The first-order valence-corrected chi connectivity index (χ1v) is 10.9. The van der Waals surface area contributed by atoms with Gasteiger partial charge in [-0.15, -0.1) is 10.2 Å². The molecule has 1 N–H and O–H groups in total. The highest BCUT2D eigenvalue weighted by atomic mass is 32.2. The highest BCUT2D eigenvalue weighted by molar-refractivity contribution is 8.00. The van der Waals surface area contributed by atoms with Gasteiger partial charge in [-0.05, 0) is 31.2 Å². The van der Waals surface area contributed by atoms with Crippen molar-refractivity contribution in [1.82, 2.24) is 14.8 Å². The first kappa shape index (κ1) is 19.0. The Morgan fingerprint density at radius 2 is 1.86 bits per heavy atom. The molecule has 0 bridgehead atoms. The number of anilines is 1. The lowest BCUT2D eigenvalue weighted by atomic mass is 9.89. The monoisotopic (exact) mass is 394 g/mol. The van der Waals surface area contributed by atoms with Gasteiger partial charge in [-0.1, -0.05) is 67.4 Å². The fraction of sp³-hybridized carbons (Fsp3) is 0.409. The molecule has 0 radical (unpaired) electrons. The summed E-state index contributed by atoms with van der Waals surface area (Å²) in [4.78, 5) is 12.8. The van der Waals surface area contributed by atoms with Gasteiger partial charge in [-0.2, -0.15) is 0 Å². The van der Waals surface area contributed by atoms with E-state index in [4.69, 9.17) is 0 Å². The Morgan fingerprint density at radius 1 is 1.11 bits per heavy atom. The average Bonchev–Trinajstić information content (AvgIpc) is 3.09. The molecule has 0 unspecified atom stereocenters. The molecule has 1 fully saturated rings. The summed E-state index contributed by atoms with van der Waals surface area (Å²) >= 11 is 1.47. The molecule has 1 atom stereocenters. The van der Waals surface area contributed by atoms with Crippen molar-refractivity contribution in [2.75, 3.05) is 5.32 Å². The van der Waals surface area contributed by atoms with Crippen LogP contribution in [0.25, 0.3) is 10.8 Å². The molecule has 1 aliphatic carbocycles. The van der Waals surface area contributed by atoms with E-state index in [2.05, 4.69) is 32.2 Å². The maximum absolute atomic E-state index is 12.8. The number of thioether (sulfide) groups is 1. The van der Waals surface area contributed by atoms with Gasteiger partial charge in [0.1, 0.15) is 5.82 Å². The van der Waals surface area contributed by atoms with Gasteiger partial charge in [0.2, 0.25) is 5.91 Å². The number of hydrogen-bond donors (Lipinski definition) is 1. The summed E-state index contributed by atoms with van der Waals surface area (Å²) in [7, 11) is 2.02. The number of nitrogens with zero attached hydrogens (tertiary/aromatic N) is 3. The second-order valence-corrected chi connectivity index (χ2v) is 8.82. The minimum Gasteiger partial charge on any atom is -0.325 e. The number of nitrogens with one attached hydrogen (secondary N) is 1. The highest BCUT2D eigenvalue weighted by Crippen LogP contribution is 2.33. The molecule has 1 aromatic heterocycles. The van der Waals surface area contributed by atoms with Crippen molar-refractivity contribution < 1.29 is 4.79 Å². The predicted molar refractivity (Wildman–Crippen MR) is 115 cm³/mol. The lowest BCUT2D eigenvalue weighted by Gasteiger charge is -2.20. The first-order chi connectivity index (χ1) is 13.6. The van der Waals surface area contributed by atoms with Gasteiger partial charge in [0.15, 0.2) is 5.16 Å². The largest absolute Gasteiger partial charge is 0.325 e. The Labute approximate surface area is 169 Å². The Kier molecular flexibility index (Phi) is 5.67. The van der Waals surface area contributed by atoms with E-state index in [9.17, 15) is 4.79 Å². The third-order valence-corrected chi connectivity index (χ3v) is 6.67. The normalized spacial score (nSPS) is 16.2. The summed E-state index contributed by atoms with van der Waals surface area (Å²) in [6.07, 6.45) is 6.23. The quantitative estimate of drug-likeness (QED) is 0.609. The van der Waals surface area contributed by atoms with E-state index >= 15 is 0 Å². The van der Waals surface area contributed by atoms with Crippen LogP contribution >= 0.6 is 11.8 Å². The average molecular weight is 395 g/mol. The second kappa shape index (κ2) is 8.35. The Balaban J connectivity index is 1.45. The molecular weight excluding hydrogens is 368 g/mol. The number of fused-ring (bicyclic) bond motifs is 1. The van der Waals surface area contributed by atoms with Crippen LogP contribution in [0, 0.1) is 0 Å². The van der Waals surface area contributed by atoms with Crippen molar-refractivity contribution in [1.29, 1.82) is 0 Å². The van der Waals surface area contributed by atoms with Crippen LogP contribution in [0.1, 0.15) is 50.8 Å². The fourth-order valence-corrected chi connectivity index (χ4v) is 4.75. The SMILES string of the molecule is C[C@@H](Sc1nnc(C2CCCCC2)n1C)C(=O)Nc1cccc2ccccc12. The molecule has 0 spiro atoms. The van der Waals surface area contributed by atoms with Crippen LogP contribution in [-0.4, -0.2) is 25.9 Å². The lowest BCUT2D eigenvalue weighted by molar-refractivity contribution is -0.115. The Morgan fingerprint density at radius 3 is 2.68 bits per heavy atom. The van der Waals surface area contributed by atoms with Crippen LogP contribution in [0.5, 0.6) is 0 Å². The lowest BCUT2D eigenvalue weighted by Crippen LogP contribution is -2.23. The van der Waals surface area contributed by atoms with E-state index in [1.165, 1.54) is 43.9 Å². The molecule has 4 rings (SSSR count). The van der Waals surface area contributed by atoms with Crippen LogP contribution in [0.4, 0.5) is 5.69 Å². The van der Waals surface area contributed by atoms with E-state index in [1.54, 1.807) is 0 Å². The Bertz CT molecular complexity index is 972. The molecule has 0 aliphatic heterocycles. The molecule has 28 heavy (non-hydrogen) atoms. The van der Waals surface area contributed by atoms with Gasteiger partial charge in [-0.3, -0.25) is 4.79 Å². The van der Waals surface area contributed by atoms with Crippen molar-refractivity contribution in [2.45, 2.75) is 55.4 Å². The zero-order valence-electron chi connectivity index (χ0n) is 16.4. The van der Waals surface area contributed by atoms with E-state index in [-0.39, 0.29) is 11.2 Å². The van der Waals surface area contributed by atoms with Crippen molar-refractivity contribution >= 4 is 34.1 Å². The summed E-state index contributed by atoms with van der Waals surface area (Å²) < 4.78 is 2.07. The topological polar surface area (TPSA) is 59.8 Å². The van der Waals surface area contributed by atoms with Gasteiger partial charge in [0.05, 0.1) is 5.25 Å².